The van der Waals surface area contributed by atoms with Crippen LogP contribution in [0.1, 0.15) is 35.8 Å². The molecule has 0 aliphatic carbocycles. The number of benzene rings is 3. The molecule has 0 unspecified atom stereocenters. The molecule has 1 amide bonds. The summed E-state index contributed by atoms with van der Waals surface area (Å²) in [5, 5.41) is 3.79. The number of nitrogens with two attached hydrogens (primary N) is 1. The summed E-state index contributed by atoms with van der Waals surface area (Å²) < 4.78 is 2.84. The van der Waals surface area contributed by atoms with Crippen molar-refractivity contribution in [2.24, 2.45) is 12.0 Å². The first-order valence-electron chi connectivity index (χ1n) is 12.4. The SMILES string of the molecule is CC(C)c1ccc2/c(=N/c3cc(C(=O)Nc4ccc(Br)cc4)ccc3Sc3ccc(N)cc3)ncn(C)c2n1. The molecule has 0 fully saturated rings. The zero-order valence-electron chi connectivity index (χ0n) is 21.7. The van der Waals surface area contributed by atoms with E-state index < -0.39 is 0 Å². The van der Waals surface area contributed by atoms with Crippen molar-refractivity contribution in [1.82, 2.24) is 14.5 Å². The third-order valence-electron chi connectivity index (χ3n) is 6.07. The number of nitrogens with zero attached hydrogens (tertiary/aromatic N) is 4. The van der Waals surface area contributed by atoms with Crippen molar-refractivity contribution in [3.05, 3.63) is 106 Å². The average Bonchev–Trinajstić information content (AvgIpc) is 2.93. The number of hydrogen-bond donors (Lipinski definition) is 2. The molecule has 0 bridgehead atoms. The second-order valence-corrected chi connectivity index (χ2v) is 11.4. The Morgan fingerprint density at radius 1 is 1.03 bits per heavy atom. The summed E-state index contributed by atoms with van der Waals surface area (Å²) in [6.45, 7) is 4.23. The Bertz CT molecular complexity index is 1730. The van der Waals surface area contributed by atoms with E-state index in [0.29, 0.717) is 34.0 Å². The molecule has 0 saturated heterocycles. The van der Waals surface area contributed by atoms with Crippen LogP contribution in [0.15, 0.2) is 104 Å². The van der Waals surface area contributed by atoms with Crippen molar-refractivity contribution < 1.29 is 4.79 Å². The Hall–Kier alpha value is -3.95. The summed E-state index contributed by atoms with van der Waals surface area (Å²) in [5.41, 5.74) is 10.7. The van der Waals surface area contributed by atoms with E-state index in [9.17, 15) is 4.79 Å². The van der Waals surface area contributed by atoms with Crippen molar-refractivity contribution in [2.45, 2.75) is 29.6 Å². The summed E-state index contributed by atoms with van der Waals surface area (Å²) in [6.07, 6.45) is 1.72. The second kappa shape index (κ2) is 11.4. The molecule has 9 heteroatoms. The van der Waals surface area contributed by atoms with Gasteiger partial charge in [-0.25, -0.2) is 15.0 Å². The predicted octanol–water partition coefficient (Wildman–Crippen LogP) is 7.07. The molecule has 39 heavy (non-hydrogen) atoms. The minimum Gasteiger partial charge on any atom is -0.399 e. The number of hydrogen-bond acceptors (Lipinski definition) is 6. The molecule has 7 nitrogen and oxygen atoms in total. The summed E-state index contributed by atoms with van der Waals surface area (Å²) >= 11 is 4.97. The van der Waals surface area contributed by atoms with Gasteiger partial charge in [0.05, 0.1) is 17.4 Å². The highest BCUT2D eigenvalue weighted by Gasteiger charge is 2.13. The normalized spacial score (nSPS) is 11.8. The van der Waals surface area contributed by atoms with Gasteiger partial charge in [-0.2, -0.15) is 0 Å². The maximum atomic E-state index is 13.2. The van der Waals surface area contributed by atoms with Gasteiger partial charge in [-0.1, -0.05) is 41.5 Å². The molecule has 5 rings (SSSR count). The highest BCUT2D eigenvalue weighted by atomic mass is 79.9. The number of aromatic nitrogens is 3. The van der Waals surface area contributed by atoms with Gasteiger partial charge in [0.25, 0.3) is 5.91 Å². The monoisotopic (exact) mass is 598 g/mol. The van der Waals surface area contributed by atoms with Crippen molar-refractivity contribution in [3.8, 4) is 0 Å². The maximum absolute atomic E-state index is 13.2. The van der Waals surface area contributed by atoms with Crippen LogP contribution in [0, 0.1) is 0 Å². The summed E-state index contributed by atoms with van der Waals surface area (Å²) in [5.74, 6) is 0.0742. The van der Waals surface area contributed by atoms with Gasteiger partial charge in [-0.05, 0) is 84.8 Å². The molecule has 0 aliphatic rings. The lowest BCUT2D eigenvalue weighted by molar-refractivity contribution is 0.102. The third-order valence-corrected chi connectivity index (χ3v) is 7.68. The Morgan fingerprint density at radius 3 is 2.49 bits per heavy atom. The van der Waals surface area contributed by atoms with Crippen molar-refractivity contribution in [1.29, 1.82) is 0 Å². The topological polar surface area (TPSA) is 98.2 Å². The molecule has 0 atom stereocenters. The van der Waals surface area contributed by atoms with Crippen molar-refractivity contribution >= 4 is 61.7 Å². The van der Waals surface area contributed by atoms with Crippen LogP contribution in [0.25, 0.3) is 11.0 Å². The van der Waals surface area contributed by atoms with Gasteiger partial charge in [-0.15, -0.1) is 0 Å². The molecule has 0 radical (unpaired) electrons. The fourth-order valence-electron chi connectivity index (χ4n) is 3.93. The molecule has 196 valence electrons. The van der Waals surface area contributed by atoms with Gasteiger partial charge in [0, 0.05) is 43.9 Å². The molecule has 3 N–H and O–H groups in total. The first kappa shape index (κ1) is 26.6. The molecule has 5 aromatic rings. The lowest BCUT2D eigenvalue weighted by Crippen LogP contribution is -2.14. The number of aryl methyl sites for hydroxylation is 1. The number of amides is 1. The van der Waals surface area contributed by atoms with Crippen LogP contribution in [0.5, 0.6) is 0 Å². The minimum atomic E-state index is -0.224. The maximum Gasteiger partial charge on any atom is 0.255 e. The zero-order valence-corrected chi connectivity index (χ0v) is 24.1. The van der Waals surface area contributed by atoms with E-state index in [4.69, 9.17) is 15.7 Å². The molecule has 0 saturated carbocycles. The number of carbonyl (C=O) groups is 1. The standard InChI is InChI=1S/C30H27BrN6OS/c1-18(2)25-14-13-24-28(33-17-37(3)29(24)36-25)35-26-16-19(30(38)34-22-9-5-20(31)6-10-22)4-15-27(26)39-23-11-7-21(32)8-12-23/h4-18H,32H2,1-3H3,(H,34,38)/b35-28-. The Kier molecular flexibility index (Phi) is 7.81. The van der Waals surface area contributed by atoms with Gasteiger partial charge in [0.15, 0.2) is 5.49 Å². The number of fused-ring (bicyclic) bond motifs is 1. The molecular formula is C30H27BrN6OS. The summed E-state index contributed by atoms with van der Waals surface area (Å²) in [4.78, 5) is 29.5. The molecule has 0 spiro atoms. The number of carbonyl (C=O) groups excluding carboxylic acids is 1. The fraction of sp³-hybridized carbons (Fsp3) is 0.133. The Balaban J connectivity index is 1.61. The Labute approximate surface area is 239 Å². The van der Waals surface area contributed by atoms with Crippen LogP contribution in [-0.4, -0.2) is 20.4 Å². The van der Waals surface area contributed by atoms with E-state index in [1.165, 1.54) is 0 Å². The van der Waals surface area contributed by atoms with Crippen LogP contribution in [0.3, 0.4) is 0 Å². The number of nitrogen functional groups attached to an aromatic ring is 1. The number of anilines is 2. The quantitative estimate of drug-likeness (QED) is 0.204. The first-order valence-corrected chi connectivity index (χ1v) is 14.0. The number of halogens is 1. The van der Waals surface area contributed by atoms with Crippen LogP contribution >= 0.6 is 27.7 Å². The van der Waals surface area contributed by atoms with Crippen LogP contribution in [-0.2, 0) is 7.05 Å². The van der Waals surface area contributed by atoms with Crippen LogP contribution < -0.4 is 16.5 Å². The molecule has 2 heterocycles. The van der Waals surface area contributed by atoms with Gasteiger partial charge in [0.2, 0.25) is 0 Å². The van der Waals surface area contributed by atoms with Crippen LogP contribution in [0.2, 0.25) is 0 Å². The van der Waals surface area contributed by atoms with Gasteiger partial charge >= 0.3 is 0 Å². The summed E-state index contributed by atoms with van der Waals surface area (Å²) in [7, 11) is 1.92. The molecule has 2 aromatic heterocycles. The summed E-state index contributed by atoms with van der Waals surface area (Å²) in [6, 6.07) is 24.7. The van der Waals surface area contributed by atoms with Crippen molar-refractivity contribution in [3.63, 3.8) is 0 Å². The van der Waals surface area contributed by atoms with E-state index >= 15 is 0 Å². The average molecular weight is 600 g/mol. The molecule has 3 aromatic carbocycles. The van der Waals surface area contributed by atoms with E-state index in [2.05, 4.69) is 40.1 Å². The third kappa shape index (κ3) is 6.21. The minimum absolute atomic E-state index is 0.224. The highest BCUT2D eigenvalue weighted by molar-refractivity contribution is 9.10. The lowest BCUT2D eigenvalue weighted by Gasteiger charge is -2.11. The van der Waals surface area contributed by atoms with E-state index in [1.54, 1.807) is 30.2 Å². The second-order valence-electron chi connectivity index (χ2n) is 9.37. The predicted molar refractivity (Wildman–Crippen MR) is 161 cm³/mol. The number of rotatable bonds is 6. The highest BCUT2D eigenvalue weighted by Crippen LogP contribution is 2.36. The van der Waals surface area contributed by atoms with Crippen LogP contribution in [0.4, 0.5) is 17.1 Å². The lowest BCUT2D eigenvalue weighted by atomic mass is 10.1. The van der Waals surface area contributed by atoms with E-state index in [-0.39, 0.29) is 5.91 Å². The van der Waals surface area contributed by atoms with E-state index in [0.717, 1.165) is 31.0 Å². The number of nitrogens with one attached hydrogen (secondary N) is 1. The fourth-order valence-corrected chi connectivity index (χ4v) is 5.06. The number of pyridine rings is 1. The Morgan fingerprint density at radius 2 is 1.77 bits per heavy atom. The van der Waals surface area contributed by atoms with E-state index in [1.807, 2.05) is 78.3 Å². The smallest absolute Gasteiger partial charge is 0.255 e. The van der Waals surface area contributed by atoms with Crippen molar-refractivity contribution in [2.75, 3.05) is 11.1 Å². The first-order chi connectivity index (χ1) is 18.8. The molecular weight excluding hydrogens is 572 g/mol. The van der Waals surface area contributed by atoms with Gasteiger partial charge in [0.1, 0.15) is 5.65 Å². The van der Waals surface area contributed by atoms with Gasteiger partial charge in [-0.3, -0.25) is 4.79 Å². The van der Waals surface area contributed by atoms with Gasteiger partial charge < -0.3 is 15.6 Å². The zero-order chi connectivity index (χ0) is 27.5. The molecule has 0 aliphatic heterocycles. The largest absolute Gasteiger partial charge is 0.399 e.